The number of amides is 1. The van der Waals surface area contributed by atoms with E-state index in [-0.39, 0.29) is 10.8 Å². The third-order valence-electron chi connectivity index (χ3n) is 3.36. The molecule has 5 nitrogen and oxygen atoms in total. The van der Waals surface area contributed by atoms with Crippen LogP contribution in [-0.4, -0.2) is 26.5 Å². The van der Waals surface area contributed by atoms with Gasteiger partial charge in [-0.3, -0.25) is 4.79 Å². The Kier molecular flexibility index (Phi) is 4.36. The second-order valence-corrected chi connectivity index (χ2v) is 7.51. The molecule has 1 aliphatic rings. The van der Waals surface area contributed by atoms with Gasteiger partial charge >= 0.3 is 0 Å². The number of carbonyl (C=O) groups is 1. The van der Waals surface area contributed by atoms with Gasteiger partial charge in [0.1, 0.15) is 5.60 Å². The van der Waals surface area contributed by atoms with E-state index in [1.54, 1.807) is 19.1 Å². The molecule has 1 aromatic carbocycles. The monoisotopic (exact) mass is 317 g/mol. The molecule has 7 heteroatoms. The third kappa shape index (κ3) is 3.50. The van der Waals surface area contributed by atoms with Crippen molar-refractivity contribution < 1.29 is 17.9 Å². The lowest BCUT2D eigenvalue weighted by Crippen LogP contribution is -2.43. The van der Waals surface area contributed by atoms with Crippen LogP contribution in [0.5, 0.6) is 0 Å². The Morgan fingerprint density at radius 1 is 1.40 bits per heavy atom. The van der Waals surface area contributed by atoms with Gasteiger partial charge in [0.2, 0.25) is 0 Å². The second-order valence-electron chi connectivity index (χ2n) is 4.95. The fourth-order valence-electron chi connectivity index (χ4n) is 2.10. The molecule has 110 valence electrons. The quantitative estimate of drug-likeness (QED) is 0.859. The van der Waals surface area contributed by atoms with E-state index in [0.29, 0.717) is 19.6 Å². The minimum Gasteiger partial charge on any atom is -0.365 e. The van der Waals surface area contributed by atoms with Crippen molar-refractivity contribution in [2.24, 2.45) is 0 Å². The minimum absolute atomic E-state index is 0.0420. The van der Waals surface area contributed by atoms with Crippen LogP contribution in [0.15, 0.2) is 29.2 Å². The number of hydrogen-bond donors (Lipinski definition) is 1. The summed E-state index contributed by atoms with van der Waals surface area (Å²) in [4.78, 5) is 12.1. The van der Waals surface area contributed by atoms with Crippen molar-refractivity contribution in [3.63, 3.8) is 0 Å². The average molecular weight is 318 g/mol. The maximum atomic E-state index is 12.0. The van der Waals surface area contributed by atoms with Crippen molar-refractivity contribution in [1.29, 1.82) is 0 Å². The number of hydrogen-bond acceptors (Lipinski definition) is 4. The summed E-state index contributed by atoms with van der Waals surface area (Å²) in [6.07, 6.45) is 1.59. The van der Waals surface area contributed by atoms with Crippen LogP contribution in [0.2, 0.25) is 0 Å². The highest BCUT2D eigenvalue weighted by Crippen LogP contribution is 2.25. The number of halogens is 1. The lowest BCUT2D eigenvalue weighted by atomic mass is 10.0. The van der Waals surface area contributed by atoms with Gasteiger partial charge in [-0.25, -0.2) is 8.42 Å². The summed E-state index contributed by atoms with van der Waals surface area (Å²) in [6, 6.07) is 6.07. The van der Waals surface area contributed by atoms with Crippen LogP contribution >= 0.6 is 10.7 Å². The highest BCUT2D eigenvalue weighted by molar-refractivity contribution is 8.13. The molecule has 1 saturated heterocycles. The van der Waals surface area contributed by atoms with E-state index in [1.165, 1.54) is 12.1 Å². The van der Waals surface area contributed by atoms with E-state index < -0.39 is 14.7 Å². The smallest absolute Gasteiger partial charge is 0.261 e. The zero-order valence-corrected chi connectivity index (χ0v) is 12.6. The Morgan fingerprint density at radius 2 is 2.05 bits per heavy atom. The van der Waals surface area contributed by atoms with Gasteiger partial charge in [0.05, 0.1) is 4.90 Å². The van der Waals surface area contributed by atoms with Crippen molar-refractivity contribution in [1.82, 2.24) is 5.32 Å². The van der Waals surface area contributed by atoms with E-state index >= 15 is 0 Å². The first-order chi connectivity index (χ1) is 9.31. The van der Waals surface area contributed by atoms with Gasteiger partial charge in [-0.05, 0) is 37.5 Å². The van der Waals surface area contributed by atoms with Crippen molar-refractivity contribution in [3.8, 4) is 0 Å². The molecule has 0 bridgehead atoms. The maximum absolute atomic E-state index is 12.0. The second kappa shape index (κ2) is 5.71. The van der Waals surface area contributed by atoms with Crippen LogP contribution in [0.4, 0.5) is 0 Å². The number of ether oxygens (including phenoxy) is 1. The summed E-state index contributed by atoms with van der Waals surface area (Å²) in [7, 11) is 1.52. The lowest BCUT2D eigenvalue weighted by Gasteiger charge is -2.21. The summed E-state index contributed by atoms with van der Waals surface area (Å²) in [6.45, 7) is 2.70. The summed E-state index contributed by atoms with van der Waals surface area (Å²) in [5.41, 5.74) is 0.0448. The molecule has 0 saturated carbocycles. The molecule has 0 radical (unpaired) electrons. The summed E-state index contributed by atoms with van der Waals surface area (Å²) in [5.74, 6) is -0.149. The largest absolute Gasteiger partial charge is 0.365 e. The maximum Gasteiger partial charge on any atom is 0.261 e. The van der Waals surface area contributed by atoms with Crippen LogP contribution in [0.3, 0.4) is 0 Å². The van der Waals surface area contributed by atoms with Crippen molar-refractivity contribution in [3.05, 3.63) is 29.8 Å². The van der Waals surface area contributed by atoms with Gasteiger partial charge < -0.3 is 10.1 Å². The van der Waals surface area contributed by atoms with Crippen LogP contribution < -0.4 is 5.32 Å². The molecule has 1 atom stereocenters. The Bertz CT molecular complexity index is 591. The van der Waals surface area contributed by atoms with Gasteiger partial charge in [0.15, 0.2) is 0 Å². The fraction of sp³-hybridized carbons (Fsp3) is 0.462. The number of benzene rings is 1. The molecule has 0 aliphatic carbocycles. The Labute approximate surface area is 122 Å². The molecule has 1 N–H and O–H groups in total. The van der Waals surface area contributed by atoms with Gasteiger partial charge in [0.25, 0.3) is 15.0 Å². The topological polar surface area (TPSA) is 72.5 Å². The number of carbonyl (C=O) groups excluding carboxylic acids is 1. The minimum atomic E-state index is -3.71. The zero-order valence-electron chi connectivity index (χ0n) is 11.1. The molecule has 2 rings (SSSR count). The summed E-state index contributed by atoms with van der Waals surface area (Å²) >= 11 is 0. The lowest BCUT2D eigenvalue weighted by molar-refractivity contribution is -0.139. The highest BCUT2D eigenvalue weighted by atomic mass is 35.7. The normalized spacial score (nSPS) is 22.7. The van der Waals surface area contributed by atoms with E-state index in [0.717, 1.165) is 12.0 Å². The molecular weight excluding hydrogens is 302 g/mol. The van der Waals surface area contributed by atoms with Crippen LogP contribution in [0.25, 0.3) is 0 Å². The van der Waals surface area contributed by atoms with Crippen LogP contribution in [0, 0.1) is 0 Å². The highest BCUT2D eigenvalue weighted by Gasteiger charge is 2.37. The van der Waals surface area contributed by atoms with E-state index in [1.807, 2.05) is 0 Å². The van der Waals surface area contributed by atoms with Gasteiger partial charge in [0, 0.05) is 23.8 Å². The predicted octanol–water partition coefficient (Wildman–Crippen LogP) is 1.80. The molecule has 1 unspecified atom stereocenters. The third-order valence-corrected chi connectivity index (χ3v) is 4.73. The average Bonchev–Trinajstić information content (AvgIpc) is 2.84. The SMILES string of the molecule is CC1(C(=O)NCc2ccc(S(=O)(=O)Cl)cc2)CCCO1. The van der Waals surface area contributed by atoms with E-state index in [9.17, 15) is 13.2 Å². The molecule has 1 aliphatic heterocycles. The van der Waals surface area contributed by atoms with E-state index in [2.05, 4.69) is 5.32 Å². The standard InChI is InChI=1S/C13H16ClNO4S/c1-13(7-2-8-19-13)12(16)15-9-10-3-5-11(6-4-10)20(14,17)18/h3-6H,2,7-9H2,1H3,(H,15,16). The number of nitrogens with one attached hydrogen (secondary N) is 1. The molecule has 1 amide bonds. The van der Waals surface area contributed by atoms with E-state index in [4.69, 9.17) is 15.4 Å². The van der Waals surface area contributed by atoms with Crippen molar-refractivity contribution >= 4 is 25.6 Å². The Balaban J connectivity index is 1.96. The van der Waals surface area contributed by atoms with Gasteiger partial charge in [-0.2, -0.15) is 0 Å². The molecule has 1 heterocycles. The Morgan fingerprint density at radius 3 is 2.55 bits per heavy atom. The van der Waals surface area contributed by atoms with Crippen molar-refractivity contribution in [2.45, 2.75) is 36.8 Å². The summed E-state index contributed by atoms with van der Waals surface area (Å²) < 4.78 is 27.7. The molecule has 20 heavy (non-hydrogen) atoms. The van der Waals surface area contributed by atoms with Gasteiger partial charge in [-0.1, -0.05) is 12.1 Å². The predicted molar refractivity (Wildman–Crippen MR) is 74.9 cm³/mol. The molecule has 1 fully saturated rings. The summed E-state index contributed by atoms with van der Waals surface area (Å²) in [5, 5.41) is 2.79. The fourth-order valence-corrected chi connectivity index (χ4v) is 2.87. The zero-order chi connectivity index (χ0) is 14.8. The first kappa shape index (κ1) is 15.3. The van der Waals surface area contributed by atoms with Gasteiger partial charge in [-0.15, -0.1) is 0 Å². The molecule has 1 aromatic rings. The first-order valence-electron chi connectivity index (χ1n) is 6.27. The first-order valence-corrected chi connectivity index (χ1v) is 8.58. The van der Waals surface area contributed by atoms with Crippen LogP contribution in [-0.2, 0) is 25.1 Å². The molecule has 0 spiro atoms. The Hall–Kier alpha value is -1.11. The molecule has 0 aromatic heterocycles. The number of rotatable bonds is 4. The van der Waals surface area contributed by atoms with Crippen LogP contribution in [0.1, 0.15) is 25.3 Å². The molecular formula is C13H16ClNO4S. The van der Waals surface area contributed by atoms with Crippen molar-refractivity contribution in [2.75, 3.05) is 6.61 Å².